The zero-order valence-corrected chi connectivity index (χ0v) is 23.0. The van der Waals surface area contributed by atoms with Gasteiger partial charge in [-0.15, -0.1) is 0 Å². The summed E-state index contributed by atoms with van der Waals surface area (Å²) < 4.78 is 41.1. The predicted octanol–water partition coefficient (Wildman–Crippen LogP) is 5.00. The summed E-state index contributed by atoms with van der Waals surface area (Å²) in [7, 11) is 0. The number of hydrogen-bond acceptors (Lipinski definition) is 8. The average molecular weight is 553 g/mol. The number of ether oxygens (including phenoxy) is 7. The Bertz CT molecular complexity index is 997. The van der Waals surface area contributed by atoms with Crippen LogP contribution < -0.4 is 0 Å². The quantitative estimate of drug-likeness (QED) is 0.475. The number of rotatable bonds is 2. The van der Waals surface area contributed by atoms with Gasteiger partial charge in [-0.2, -0.15) is 0 Å². The molecule has 1 aliphatic heterocycles. The number of phenols is 1. The number of phenolic OH excluding ortho intramolecular Hbond substituents is 1. The van der Waals surface area contributed by atoms with Gasteiger partial charge in [0.15, 0.2) is 0 Å². The van der Waals surface area contributed by atoms with Gasteiger partial charge in [0.1, 0.15) is 18.0 Å². The molecule has 3 aromatic rings. The Morgan fingerprint density at radius 3 is 1.27 bits per heavy atom. The first kappa shape index (κ1) is 30.1. The second-order valence-electron chi connectivity index (χ2n) is 9.33. The van der Waals surface area contributed by atoms with Crippen molar-refractivity contribution in [3.63, 3.8) is 0 Å². The molecule has 1 heterocycles. The van der Waals surface area contributed by atoms with Gasteiger partial charge in [-0.05, 0) is 11.1 Å². The lowest BCUT2D eigenvalue weighted by Crippen LogP contribution is -2.17. The number of para-hydroxylation sites is 1. The highest BCUT2D eigenvalue weighted by molar-refractivity contribution is 5.39. The van der Waals surface area contributed by atoms with Crippen molar-refractivity contribution >= 4 is 0 Å². The molecular weight excluding hydrogens is 512 g/mol. The highest BCUT2D eigenvalue weighted by Crippen LogP contribution is 2.26. The van der Waals surface area contributed by atoms with Crippen LogP contribution in [0.15, 0.2) is 78.9 Å². The monoisotopic (exact) mass is 552 g/mol. The SMILES string of the molecule is Oc1c2cccc1COC[C@H](c1ccccc1)OCCOCCOCCOCCOC(c1ccccc1)COC2. The minimum absolute atomic E-state index is 0.176. The van der Waals surface area contributed by atoms with Crippen molar-refractivity contribution in [1.29, 1.82) is 0 Å². The van der Waals surface area contributed by atoms with E-state index < -0.39 is 0 Å². The normalized spacial score (nSPS) is 21.7. The lowest BCUT2D eigenvalue weighted by Gasteiger charge is -2.20. The van der Waals surface area contributed by atoms with Crippen molar-refractivity contribution in [1.82, 2.24) is 0 Å². The van der Waals surface area contributed by atoms with E-state index in [9.17, 15) is 5.11 Å². The van der Waals surface area contributed by atoms with Crippen LogP contribution >= 0.6 is 0 Å². The molecule has 2 atom stereocenters. The van der Waals surface area contributed by atoms with Crippen LogP contribution in [0.3, 0.4) is 0 Å². The standard InChI is InChI=1S/C32H40O8/c33-32-28-12-7-13-29(32)23-38-25-31(27-10-5-2-6-11-27)40-21-19-36-17-15-34-14-16-35-18-20-39-30(24-37-22-28)26-8-3-1-4-9-26/h1-13,30-31,33H,14-25H2/t30-,31?/m1/s1. The van der Waals surface area contributed by atoms with Crippen LogP contribution in [-0.4, -0.2) is 71.2 Å². The fourth-order valence-corrected chi connectivity index (χ4v) is 4.29. The van der Waals surface area contributed by atoms with Gasteiger partial charge in [-0.3, -0.25) is 0 Å². The molecule has 1 unspecified atom stereocenters. The van der Waals surface area contributed by atoms with E-state index in [4.69, 9.17) is 33.2 Å². The smallest absolute Gasteiger partial charge is 0.126 e. The first-order valence-corrected chi connectivity index (χ1v) is 13.8. The zero-order valence-electron chi connectivity index (χ0n) is 23.0. The molecule has 0 fully saturated rings. The highest BCUT2D eigenvalue weighted by Gasteiger charge is 2.16. The van der Waals surface area contributed by atoms with Crippen LogP contribution in [0, 0.1) is 0 Å². The summed E-state index contributed by atoms with van der Waals surface area (Å²) in [6.45, 7) is 4.85. The van der Waals surface area contributed by atoms with E-state index in [0.29, 0.717) is 77.2 Å². The Morgan fingerprint density at radius 2 is 0.850 bits per heavy atom. The molecule has 8 nitrogen and oxygen atoms in total. The largest absolute Gasteiger partial charge is 0.507 e. The Kier molecular flexibility index (Phi) is 13.4. The minimum atomic E-state index is -0.257. The molecule has 0 aliphatic carbocycles. The molecule has 1 N–H and O–H groups in total. The number of aromatic hydroxyl groups is 1. The zero-order chi connectivity index (χ0) is 27.7. The summed E-state index contributed by atoms with van der Waals surface area (Å²) in [5.74, 6) is 0.176. The van der Waals surface area contributed by atoms with Crippen LogP contribution in [0.4, 0.5) is 0 Å². The van der Waals surface area contributed by atoms with Crippen LogP contribution in [0.1, 0.15) is 34.5 Å². The van der Waals surface area contributed by atoms with Gasteiger partial charge in [0.25, 0.3) is 0 Å². The molecule has 0 saturated carbocycles. The molecule has 0 aromatic heterocycles. The molecule has 0 amide bonds. The molecule has 0 saturated heterocycles. The van der Waals surface area contributed by atoms with Crippen LogP contribution in [0.2, 0.25) is 0 Å². The second kappa shape index (κ2) is 17.8. The maximum absolute atomic E-state index is 10.9. The molecule has 0 radical (unpaired) electrons. The summed E-state index contributed by atoms with van der Waals surface area (Å²) in [5.41, 5.74) is 3.43. The van der Waals surface area contributed by atoms with Crippen LogP contribution in [0.25, 0.3) is 0 Å². The third kappa shape index (κ3) is 10.3. The molecule has 2 bridgehead atoms. The van der Waals surface area contributed by atoms with E-state index in [2.05, 4.69) is 0 Å². The molecule has 1 aliphatic rings. The van der Waals surface area contributed by atoms with Crippen molar-refractivity contribution in [2.24, 2.45) is 0 Å². The van der Waals surface area contributed by atoms with E-state index in [-0.39, 0.29) is 31.2 Å². The summed E-state index contributed by atoms with van der Waals surface area (Å²) in [5, 5.41) is 10.9. The van der Waals surface area contributed by atoms with Gasteiger partial charge in [-0.1, -0.05) is 78.9 Å². The van der Waals surface area contributed by atoms with Crippen LogP contribution in [0.5, 0.6) is 5.75 Å². The minimum Gasteiger partial charge on any atom is -0.507 e. The summed E-state index contributed by atoms with van der Waals surface area (Å²) >= 11 is 0. The third-order valence-electron chi connectivity index (χ3n) is 6.44. The van der Waals surface area contributed by atoms with E-state index >= 15 is 0 Å². The second-order valence-corrected chi connectivity index (χ2v) is 9.33. The highest BCUT2D eigenvalue weighted by atomic mass is 16.6. The molecule has 4 rings (SSSR count). The third-order valence-corrected chi connectivity index (χ3v) is 6.44. The molecule has 216 valence electrons. The van der Waals surface area contributed by atoms with Gasteiger partial charge in [0, 0.05) is 11.1 Å². The first-order chi connectivity index (χ1) is 19.8. The molecule has 8 heteroatoms. The Balaban J connectivity index is 1.40. The van der Waals surface area contributed by atoms with Crippen molar-refractivity contribution in [2.75, 3.05) is 66.1 Å². The molecule has 0 spiro atoms. The predicted molar refractivity (Wildman–Crippen MR) is 150 cm³/mol. The number of fused-ring (bicyclic) bond motifs is 2. The summed E-state index contributed by atoms with van der Waals surface area (Å²) in [6, 6.07) is 25.5. The number of hydrogen-bond donors (Lipinski definition) is 1. The van der Waals surface area contributed by atoms with Gasteiger partial charge >= 0.3 is 0 Å². The topological polar surface area (TPSA) is 84.8 Å². The van der Waals surface area contributed by atoms with Gasteiger partial charge in [0.2, 0.25) is 0 Å². The fourth-order valence-electron chi connectivity index (χ4n) is 4.29. The van der Waals surface area contributed by atoms with Crippen molar-refractivity contribution in [3.8, 4) is 5.75 Å². The number of benzene rings is 3. The Labute approximate surface area is 236 Å². The lowest BCUT2D eigenvalue weighted by molar-refractivity contribution is -0.0571. The Morgan fingerprint density at radius 1 is 0.450 bits per heavy atom. The Hall–Kier alpha value is -2.82. The van der Waals surface area contributed by atoms with Crippen LogP contribution in [-0.2, 0) is 46.4 Å². The molecule has 40 heavy (non-hydrogen) atoms. The van der Waals surface area contributed by atoms with Gasteiger partial charge < -0.3 is 38.3 Å². The maximum atomic E-state index is 10.9. The maximum Gasteiger partial charge on any atom is 0.126 e. The fraction of sp³-hybridized carbons (Fsp3) is 0.438. The molecule has 3 aromatic carbocycles. The van der Waals surface area contributed by atoms with E-state index in [1.807, 2.05) is 78.9 Å². The first-order valence-electron chi connectivity index (χ1n) is 13.8. The summed E-state index contributed by atoms with van der Waals surface area (Å²) in [6.07, 6.45) is -0.514. The van der Waals surface area contributed by atoms with E-state index in [0.717, 1.165) is 11.1 Å². The van der Waals surface area contributed by atoms with Gasteiger partial charge in [-0.25, -0.2) is 0 Å². The van der Waals surface area contributed by atoms with Crippen molar-refractivity contribution in [2.45, 2.75) is 25.4 Å². The lowest BCUT2D eigenvalue weighted by atomic mass is 10.1. The van der Waals surface area contributed by atoms with Crippen molar-refractivity contribution < 1.29 is 38.3 Å². The van der Waals surface area contributed by atoms with E-state index in [1.165, 1.54) is 0 Å². The van der Waals surface area contributed by atoms with Crippen molar-refractivity contribution in [3.05, 3.63) is 101 Å². The van der Waals surface area contributed by atoms with E-state index in [1.54, 1.807) is 0 Å². The van der Waals surface area contributed by atoms with Gasteiger partial charge in [0.05, 0.1) is 79.3 Å². The summed E-state index contributed by atoms with van der Waals surface area (Å²) in [4.78, 5) is 0. The average Bonchev–Trinajstić information content (AvgIpc) is 2.99. The molecular formula is C32H40O8.